The van der Waals surface area contributed by atoms with Gasteiger partial charge >= 0.3 is 12.1 Å². The van der Waals surface area contributed by atoms with Crippen LogP contribution in [0, 0.1) is 5.92 Å². The largest absolute Gasteiger partial charge is 0.495 e. The zero-order chi connectivity index (χ0) is 38.5. The smallest absolute Gasteiger partial charge is 0.409 e. The van der Waals surface area contributed by atoms with Gasteiger partial charge in [0, 0.05) is 26.5 Å². The number of amides is 3. The standard InChI is InChI=1S/C36H46ClN3O12/c1-18-10-9-11-26(49-8)36(47)16-24(50-33(45)38-36)19(2)30-35(5,52-30)27-15-28(42)40(22-13-21(12-18)14-23(48-7)29(22)37)17-25(41)34(4,46)32(44)39(6)20(3)31(43)51-27/h9-11,13-14,19-20,24,26-27,30,46-47H,12,15-17H2,1-8H3,(H,38,45)/t19-,20+,24+,26-,27+,30+,34-,35+,36+/m1/s1. The first kappa shape index (κ1) is 39.2. The van der Waals surface area contributed by atoms with Crippen molar-refractivity contribution < 1.29 is 57.9 Å². The van der Waals surface area contributed by atoms with Gasteiger partial charge in [0.05, 0.1) is 31.9 Å². The number of Topliss-reactive ketones (excluding diaryl/α,β-unsaturated/α-hetero) is 1. The highest BCUT2D eigenvalue weighted by atomic mass is 35.5. The summed E-state index contributed by atoms with van der Waals surface area (Å²) in [5, 5.41) is 25.4. The number of aliphatic hydroxyl groups is 2. The molecule has 6 bridgehead atoms. The van der Waals surface area contributed by atoms with E-state index >= 15 is 0 Å². The van der Waals surface area contributed by atoms with Crippen LogP contribution < -0.4 is 15.0 Å². The second kappa shape index (κ2) is 14.4. The van der Waals surface area contributed by atoms with Gasteiger partial charge in [0.1, 0.15) is 40.7 Å². The van der Waals surface area contributed by atoms with E-state index in [1.807, 2.05) is 6.92 Å². The Hall–Kier alpha value is -4.02. The number of carbonyl (C=O) groups excluding carboxylic acids is 5. The summed E-state index contributed by atoms with van der Waals surface area (Å²) in [6, 6.07) is 1.99. The average molecular weight is 748 g/mol. The van der Waals surface area contributed by atoms with Crippen molar-refractivity contribution in [3.05, 3.63) is 46.5 Å². The van der Waals surface area contributed by atoms with Gasteiger partial charge in [-0.3, -0.25) is 19.7 Å². The number of halogens is 1. The topological polar surface area (TPSA) is 194 Å². The van der Waals surface area contributed by atoms with E-state index in [0.717, 1.165) is 22.3 Å². The first-order valence-corrected chi connectivity index (χ1v) is 17.3. The minimum atomic E-state index is -2.63. The number of hydrogen-bond donors (Lipinski definition) is 3. The number of rotatable bonds is 2. The Labute approximate surface area is 306 Å². The van der Waals surface area contributed by atoms with E-state index in [0.29, 0.717) is 12.0 Å². The van der Waals surface area contributed by atoms with Crippen LogP contribution in [0.25, 0.3) is 0 Å². The number of esters is 1. The molecule has 0 aromatic heterocycles. The summed E-state index contributed by atoms with van der Waals surface area (Å²) in [6.45, 7) is 6.81. The number of allylic oxidation sites excluding steroid dienone is 3. The number of ether oxygens (including phenoxy) is 5. The molecule has 0 aliphatic carbocycles. The fraction of sp³-hybridized carbons (Fsp3) is 0.583. The molecule has 0 saturated carbocycles. The number of fused-ring (bicyclic) bond motifs is 10. The molecule has 9 atom stereocenters. The van der Waals surface area contributed by atoms with Crippen LogP contribution >= 0.6 is 11.6 Å². The van der Waals surface area contributed by atoms with Crippen LogP contribution in [-0.4, -0.2) is 120 Å². The maximum atomic E-state index is 14.5. The molecule has 3 N–H and O–H groups in total. The first-order chi connectivity index (χ1) is 24.3. The summed E-state index contributed by atoms with van der Waals surface area (Å²) in [4.78, 5) is 70.2. The predicted octanol–water partition coefficient (Wildman–Crippen LogP) is 2.22. The molecule has 16 heteroatoms. The number of carbonyl (C=O) groups is 5. The number of hydrogen-bond acceptors (Lipinski definition) is 12. The van der Waals surface area contributed by atoms with Crippen LogP contribution in [0.2, 0.25) is 5.02 Å². The second-order valence-electron chi connectivity index (χ2n) is 14.3. The lowest BCUT2D eigenvalue weighted by Crippen LogP contribution is -2.63. The van der Waals surface area contributed by atoms with Crippen molar-refractivity contribution in [1.82, 2.24) is 10.2 Å². The van der Waals surface area contributed by atoms with Crippen molar-refractivity contribution >= 4 is 46.9 Å². The Kier molecular flexibility index (Phi) is 10.9. The Morgan fingerprint density at radius 3 is 2.40 bits per heavy atom. The van der Waals surface area contributed by atoms with Gasteiger partial charge in [-0.15, -0.1) is 0 Å². The Morgan fingerprint density at radius 2 is 1.75 bits per heavy atom. The van der Waals surface area contributed by atoms with Gasteiger partial charge in [0.15, 0.2) is 11.5 Å². The lowest BCUT2D eigenvalue weighted by molar-refractivity contribution is -0.169. The molecule has 15 nitrogen and oxygen atoms in total. The van der Waals surface area contributed by atoms with Crippen LogP contribution in [0.15, 0.2) is 35.9 Å². The van der Waals surface area contributed by atoms with Gasteiger partial charge in [-0.2, -0.15) is 0 Å². The van der Waals surface area contributed by atoms with E-state index < -0.39 is 95.9 Å². The van der Waals surface area contributed by atoms with Crippen molar-refractivity contribution in [2.75, 3.05) is 32.7 Å². The van der Waals surface area contributed by atoms with Crippen molar-refractivity contribution in [2.24, 2.45) is 5.92 Å². The molecule has 1 aromatic rings. The minimum absolute atomic E-state index is 0.0182. The molecule has 5 rings (SSSR count). The SMILES string of the molecule is COc1cc2cc(c1Cl)N1CC(=O)[C@@](C)(O)C(=O)N(C)[C@@H](C)C(=O)O[C@@H](CC1=O)[C@]1(C)O[C@H]1[C@H](C)[C@@H]1C[C@@](O)(NC(=O)O1)[C@H](OC)C=CC=C(C)C2. The molecule has 3 fully saturated rings. The van der Waals surface area contributed by atoms with Crippen LogP contribution in [0.5, 0.6) is 5.75 Å². The summed E-state index contributed by atoms with van der Waals surface area (Å²) < 4.78 is 28.9. The number of nitrogens with one attached hydrogen (secondary N) is 1. The van der Waals surface area contributed by atoms with Gasteiger partial charge in [0.25, 0.3) is 5.91 Å². The normalized spacial score (nSPS) is 36.1. The minimum Gasteiger partial charge on any atom is -0.495 e. The highest BCUT2D eigenvalue weighted by Gasteiger charge is 2.65. The zero-order valence-corrected chi connectivity index (χ0v) is 31.2. The van der Waals surface area contributed by atoms with Crippen molar-refractivity contribution in [3.8, 4) is 5.75 Å². The number of epoxide rings is 1. The number of methoxy groups -OCH3 is 2. The van der Waals surface area contributed by atoms with Gasteiger partial charge in [-0.05, 0) is 51.8 Å². The van der Waals surface area contributed by atoms with E-state index in [4.69, 9.17) is 35.3 Å². The van der Waals surface area contributed by atoms with E-state index in [2.05, 4.69) is 5.32 Å². The third-order valence-electron chi connectivity index (χ3n) is 10.6. The number of anilines is 1. The summed E-state index contributed by atoms with van der Waals surface area (Å²) in [7, 11) is 4.04. The van der Waals surface area contributed by atoms with E-state index in [1.165, 1.54) is 28.2 Å². The number of nitrogens with zero attached hydrogens (tertiary/aromatic N) is 2. The Morgan fingerprint density at radius 1 is 1.06 bits per heavy atom. The molecule has 284 valence electrons. The van der Waals surface area contributed by atoms with Gasteiger partial charge in [-0.25, -0.2) is 9.59 Å². The number of likely N-dealkylation sites (N-methyl/N-ethyl adjacent to an activating group) is 1. The highest BCUT2D eigenvalue weighted by Crippen LogP contribution is 2.49. The maximum Gasteiger partial charge on any atom is 0.409 e. The average Bonchev–Trinajstić information content (AvgIpc) is 3.78. The molecule has 1 aromatic carbocycles. The van der Waals surface area contributed by atoms with Crippen LogP contribution in [-0.2, 0) is 44.5 Å². The van der Waals surface area contributed by atoms with Crippen molar-refractivity contribution in [1.29, 1.82) is 0 Å². The zero-order valence-electron chi connectivity index (χ0n) is 30.4. The molecule has 3 amide bonds. The Balaban J connectivity index is 1.70. The van der Waals surface area contributed by atoms with Crippen LogP contribution in [0.4, 0.5) is 10.5 Å². The van der Waals surface area contributed by atoms with Gasteiger partial charge in [-0.1, -0.05) is 42.3 Å². The summed E-state index contributed by atoms with van der Waals surface area (Å²) >= 11 is 6.81. The van der Waals surface area contributed by atoms with Crippen molar-refractivity contribution in [2.45, 2.75) is 101 Å². The molecule has 4 aliphatic rings. The van der Waals surface area contributed by atoms with Crippen molar-refractivity contribution in [3.63, 3.8) is 0 Å². The first-order valence-electron chi connectivity index (χ1n) is 16.9. The summed E-state index contributed by atoms with van der Waals surface area (Å²) in [6.07, 6.45) is -0.0658. The lowest BCUT2D eigenvalue weighted by atomic mass is 9.83. The summed E-state index contributed by atoms with van der Waals surface area (Å²) in [5.41, 5.74) is -4.34. The fourth-order valence-corrected chi connectivity index (χ4v) is 7.33. The fourth-order valence-electron chi connectivity index (χ4n) is 7.04. The van der Waals surface area contributed by atoms with Gasteiger partial charge < -0.3 is 43.7 Å². The maximum absolute atomic E-state index is 14.5. The number of benzene rings is 1. The third kappa shape index (κ3) is 7.29. The van der Waals surface area contributed by atoms with E-state index in [9.17, 15) is 34.2 Å². The highest BCUT2D eigenvalue weighted by molar-refractivity contribution is 6.35. The molecule has 52 heavy (non-hydrogen) atoms. The molecular weight excluding hydrogens is 702 g/mol. The molecule has 4 aliphatic heterocycles. The Bertz CT molecular complexity index is 1710. The van der Waals surface area contributed by atoms with Crippen LogP contribution in [0.1, 0.15) is 53.0 Å². The lowest BCUT2D eigenvalue weighted by Gasteiger charge is -2.42. The number of ketones is 1. The molecule has 0 unspecified atom stereocenters. The third-order valence-corrected chi connectivity index (χ3v) is 10.9. The monoisotopic (exact) mass is 747 g/mol. The molecule has 3 saturated heterocycles. The van der Waals surface area contributed by atoms with Gasteiger partial charge in [0.2, 0.25) is 11.5 Å². The number of alkyl carbamates (subject to hydrolysis) is 1. The van der Waals surface area contributed by atoms with E-state index in [-0.39, 0.29) is 22.9 Å². The van der Waals surface area contributed by atoms with E-state index in [1.54, 1.807) is 44.2 Å². The second-order valence-corrected chi connectivity index (χ2v) is 14.7. The molecule has 0 spiro atoms. The predicted molar refractivity (Wildman–Crippen MR) is 186 cm³/mol. The molecule has 0 radical (unpaired) electrons. The van der Waals surface area contributed by atoms with Crippen LogP contribution in [0.3, 0.4) is 0 Å². The summed E-state index contributed by atoms with van der Waals surface area (Å²) in [5.74, 6) is -4.19. The molecular formula is C36H46ClN3O12. The quantitative estimate of drug-likeness (QED) is 0.227. The molecule has 4 heterocycles.